The molecule has 28 heavy (non-hydrogen) atoms. The second-order valence-corrected chi connectivity index (χ2v) is 13.4. The van der Waals surface area contributed by atoms with E-state index in [0.29, 0.717) is 12.8 Å². The van der Waals surface area contributed by atoms with Crippen LogP contribution >= 0.6 is 0 Å². The number of hydrogen-bond acceptors (Lipinski definition) is 7. The summed E-state index contributed by atoms with van der Waals surface area (Å²) in [6.07, 6.45) is 2.57. The number of rotatable bonds is 7. The van der Waals surface area contributed by atoms with Gasteiger partial charge in [-0.1, -0.05) is 0 Å². The third kappa shape index (κ3) is 5.66. The second kappa shape index (κ2) is 7.24. The first-order valence-corrected chi connectivity index (χ1v) is 13.2. The highest BCUT2D eigenvalue weighted by Gasteiger charge is 2.42. The SMILES string of the molecule is C[C@@]1(NC(=O)CN(CC(=O)N[C@]2(C)CCS(=O)(=O)C2)C2CC2)CCS(=O)(=O)C1. The van der Waals surface area contributed by atoms with E-state index in [4.69, 9.17) is 0 Å². The Kier molecular flexibility index (Phi) is 5.56. The predicted octanol–water partition coefficient (Wildman–Crippen LogP) is -1.16. The van der Waals surface area contributed by atoms with Crippen LogP contribution in [0.4, 0.5) is 0 Å². The second-order valence-electron chi connectivity index (χ2n) is 9.04. The number of carbonyl (C=O) groups excluding carboxylic acids is 2. The van der Waals surface area contributed by atoms with E-state index in [1.807, 2.05) is 0 Å². The maximum atomic E-state index is 12.5. The molecule has 1 aliphatic carbocycles. The molecule has 3 aliphatic rings. The highest BCUT2D eigenvalue weighted by Crippen LogP contribution is 2.28. The van der Waals surface area contributed by atoms with E-state index in [1.54, 1.807) is 18.7 Å². The van der Waals surface area contributed by atoms with Crippen LogP contribution in [-0.4, -0.2) is 86.8 Å². The first kappa shape index (κ1) is 21.5. The van der Waals surface area contributed by atoms with Crippen molar-refractivity contribution in [1.82, 2.24) is 15.5 Å². The number of nitrogens with zero attached hydrogens (tertiary/aromatic N) is 1. The van der Waals surface area contributed by atoms with Gasteiger partial charge in [0.25, 0.3) is 0 Å². The lowest BCUT2D eigenvalue weighted by molar-refractivity contribution is -0.126. The van der Waals surface area contributed by atoms with Gasteiger partial charge in [-0.3, -0.25) is 14.5 Å². The average Bonchev–Trinajstić information content (AvgIpc) is 3.25. The van der Waals surface area contributed by atoms with Gasteiger partial charge in [0.1, 0.15) is 0 Å². The third-order valence-electron chi connectivity index (χ3n) is 5.65. The fourth-order valence-electron chi connectivity index (χ4n) is 4.09. The zero-order chi connectivity index (χ0) is 20.8. The van der Waals surface area contributed by atoms with Gasteiger partial charge in [-0.05, 0) is 39.5 Å². The van der Waals surface area contributed by atoms with Gasteiger partial charge in [-0.2, -0.15) is 0 Å². The Morgan fingerprint density at radius 2 is 1.25 bits per heavy atom. The van der Waals surface area contributed by atoms with Crippen LogP contribution in [0.5, 0.6) is 0 Å². The van der Waals surface area contributed by atoms with Crippen molar-refractivity contribution in [1.29, 1.82) is 0 Å². The maximum absolute atomic E-state index is 12.5. The van der Waals surface area contributed by atoms with Gasteiger partial charge in [0.05, 0.1) is 47.2 Å². The number of sulfone groups is 2. The molecule has 0 spiro atoms. The molecule has 9 nitrogen and oxygen atoms in total. The van der Waals surface area contributed by atoms with Crippen LogP contribution in [0.25, 0.3) is 0 Å². The van der Waals surface area contributed by atoms with Gasteiger partial charge >= 0.3 is 0 Å². The largest absolute Gasteiger partial charge is 0.349 e. The molecule has 0 bridgehead atoms. The summed E-state index contributed by atoms with van der Waals surface area (Å²) in [5, 5.41) is 5.64. The average molecular weight is 436 g/mol. The van der Waals surface area contributed by atoms with Crippen molar-refractivity contribution >= 4 is 31.5 Å². The Balaban J connectivity index is 1.54. The minimum absolute atomic E-state index is 0.0166. The van der Waals surface area contributed by atoms with Gasteiger partial charge in [0.15, 0.2) is 19.7 Å². The van der Waals surface area contributed by atoms with Crippen molar-refractivity contribution in [3.05, 3.63) is 0 Å². The topological polar surface area (TPSA) is 130 Å². The molecule has 2 amide bonds. The van der Waals surface area contributed by atoms with E-state index in [9.17, 15) is 26.4 Å². The Bertz CT molecular complexity index is 801. The first-order chi connectivity index (χ1) is 12.8. The monoisotopic (exact) mass is 435 g/mol. The van der Waals surface area contributed by atoms with Crippen molar-refractivity contribution in [3.8, 4) is 0 Å². The van der Waals surface area contributed by atoms with Gasteiger partial charge in [-0.15, -0.1) is 0 Å². The van der Waals surface area contributed by atoms with Crippen LogP contribution in [0, 0.1) is 0 Å². The molecule has 160 valence electrons. The zero-order valence-corrected chi connectivity index (χ0v) is 18.0. The molecule has 2 atom stereocenters. The van der Waals surface area contributed by atoms with Crippen LogP contribution in [0.3, 0.4) is 0 Å². The lowest BCUT2D eigenvalue weighted by atomic mass is 10.0. The molecule has 2 aliphatic heterocycles. The Morgan fingerprint density at radius 3 is 1.54 bits per heavy atom. The molecular weight excluding hydrogens is 406 g/mol. The molecule has 2 N–H and O–H groups in total. The molecule has 0 aromatic heterocycles. The lowest BCUT2D eigenvalue weighted by Crippen LogP contribution is -2.53. The van der Waals surface area contributed by atoms with E-state index >= 15 is 0 Å². The zero-order valence-electron chi connectivity index (χ0n) is 16.4. The van der Waals surface area contributed by atoms with Crippen molar-refractivity contribution < 1.29 is 26.4 Å². The molecule has 2 saturated heterocycles. The van der Waals surface area contributed by atoms with Gasteiger partial charge < -0.3 is 10.6 Å². The van der Waals surface area contributed by atoms with Gasteiger partial charge in [-0.25, -0.2) is 16.8 Å². The summed E-state index contributed by atoms with van der Waals surface area (Å²) in [4.78, 5) is 26.7. The van der Waals surface area contributed by atoms with Crippen molar-refractivity contribution in [3.63, 3.8) is 0 Å². The molecule has 1 saturated carbocycles. The number of amides is 2. The van der Waals surface area contributed by atoms with E-state index in [-0.39, 0.29) is 54.0 Å². The van der Waals surface area contributed by atoms with E-state index in [1.165, 1.54) is 0 Å². The number of carbonyl (C=O) groups is 2. The molecule has 0 unspecified atom stereocenters. The molecule has 0 radical (unpaired) electrons. The van der Waals surface area contributed by atoms with Gasteiger partial charge in [0.2, 0.25) is 11.8 Å². The van der Waals surface area contributed by atoms with Crippen LogP contribution in [0.15, 0.2) is 0 Å². The van der Waals surface area contributed by atoms with Crippen LogP contribution < -0.4 is 10.6 Å². The summed E-state index contributed by atoms with van der Waals surface area (Å²) < 4.78 is 46.8. The Morgan fingerprint density at radius 1 is 0.857 bits per heavy atom. The molecular formula is C17H29N3O6S2. The minimum atomic E-state index is -3.12. The standard InChI is InChI=1S/C17H29N3O6S2/c1-16(5-7-27(23,24)11-16)18-14(21)9-20(13-3-4-13)10-15(22)19-17(2)6-8-28(25,26)12-17/h13H,3-12H2,1-2H3,(H,18,21)(H,19,22)/t16-,17-/m1/s1. The highest BCUT2D eigenvalue weighted by molar-refractivity contribution is 7.92. The summed E-state index contributed by atoms with van der Waals surface area (Å²) in [5.41, 5.74) is -1.53. The summed E-state index contributed by atoms with van der Waals surface area (Å²) >= 11 is 0. The summed E-state index contributed by atoms with van der Waals surface area (Å²) in [6, 6.07) is 0.150. The number of hydrogen-bond donors (Lipinski definition) is 2. The number of nitrogens with one attached hydrogen (secondary N) is 2. The molecule has 3 fully saturated rings. The Labute approximate surface area is 166 Å². The molecule has 0 aromatic carbocycles. The third-order valence-corrected chi connectivity index (χ3v) is 9.45. The molecule has 2 heterocycles. The fourth-order valence-corrected chi connectivity index (χ4v) is 8.28. The Hall–Kier alpha value is -1.20. The quantitative estimate of drug-likeness (QED) is 0.516. The highest BCUT2D eigenvalue weighted by atomic mass is 32.2. The molecule has 3 rings (SSSR count). The van der Waals surface area contributed by atoms with Crippen molar-refractivity contribution in [2.24, 2.45) is 0 Å². The minimum Gasteiger partial charge on any atom is -0.349 e. The normalized spacial score (nSPS) is 33.7. The van der Waals surface area contributed by atoms with Crippen LogP contribution in [0.2, 0.25) is 0 Å². The lowest BCUT2D eigenvalue weighted by Gasteiger charge is -2.29. The predicted molar refractivity (Wildman–Crippen MR) is 104 cm³/mol. The maximum Gasteiger partial charge on any atom is 0.234 e. The van der Waals surface area contributed by atoms with Crippen molar-refractivity contribution in [2.45, 2.75) is 56.7 Å². The molecule has 0 aromatic rings. The van der Waals surface area contributed by atoms with E-state index < -0.39 is 30.8 Å². The van der Waals surface area contributed by atoms with E-state index in [2.05, 4.69) is 10.6 Å². The van der Waals surface area contributed by atoms with Crippen molar-refractivity contribution in [2.75, 3.05) is 36.1 Å². The van der Waals surface area contributed by atoms with E-state index in [0.717, 1.165) is 12.8 Å². The first-order valence-electron chi connectivity index (χ1n) is 9.56. The fraction of sp³-hybridized carbons (Fsp3) is 0.882. The van der Waals surface area contributed by atoms with Crippen LogP contribution in [0.1, 0.15) is 39.5 Å². The molecule has 11 heteroatoms. The summed E-state index contributed by atoms with van der Waals surface area (Å²) in [5.74, 6) is -0.590. The van der Waals surface area contributed by atoms with Gasteiger partial charge in [0, 0.05) is 6.04 Å². The smallest absolute Gasteiger partial charge is 0.234 e. The summed E-state index contributed by atoms with van der Waals surface area (Å²) in [7, 11) is -6.24. The van der Waals surface area contributed by atoms with Crippen LogP contribution in [-0.2, 0) is 29.3 Å². The summed E-state index contributed by atoms with van der Waals surface area (Å²) in [6.45, 7) is 3.49.